The van der Waals surface area contributed by atoms with Crippen LogP contribution in [0.4, 0.5) is 11.4 Å². The van der Waals surface area contributed by atoms with E-state index < -0.39 is 0 Å². The zero-order chi connectivity index (χ0) is 23.7. The molecule has 1 aromatic heterocycles. The summed E-state index contributed by atoms with van der Waals surface area (Å²) in [5.41, 5.74) is 3.72. The molecule has 0 aliphatic carbocycles. The maximum absolute atomic E-state index is 13.3. The molecule has 4 heterocycles. The first-order valence-electron chi connectivity index (χ1n) is 12.2. The van der Waals surface area contributed by atoms with Gasteiger partial charge in [0.2, 0.25) is 17.7 Å². The lowest BCUT2D eigenvalue weighted by atomic mass is 9.89. The molecule has 3 fully saturated rings. The average Bonchev–Trinajstić information content (AvgIpc) is 3.26. The van der Waals surface area contributed by atoms with Crippen molar-refractivity contribution in [3.05, 3.63) is 53.9 Å². The molecule has 3 saturated heterocycles. The van der Waals surface area contributed by atoms with Crippen molar-refractivity contribution in [2.45, 2.75) is 44.6 Å². The number of aryl methyl sites for hydroxylation is 1. The predicted molar refractivity (Wildman–Crippen MR) is 129 cm³/mol. The number of anilines is 2. The van der Waals surface area contributed by atoms with E-state index in [1.807, 2.05) is 36.1 Å². The molecule has 3 aliphatic rings. The van der Waals surface area contributed by atoms with Crippen molar-refractivity contribution >= 4 is 29.1 Å². The van der Waals surface area contributed by atoms with Crippen molar-refractivity contribution in [1.82, 2.24) is 20.5 Å². The molecule has 0 saturated carbocycles. The molecule has 1 atom stereocenters. The summed E-state index contributed by atoms with van der Waals surface area (Å²) in [6.45, 7) is 4.73. The van der Waals surface area contributed by atoms with Gasteiger partial charge in [-0.05, 0) is 61.9 Å². The predicted octanol–water partition coefficient (Wildman–Crippen LogP) is 2.26. The third kappa shape index (κ3) is 4.42. The molecule has 34 heavy (non-hydrogen) atoms. The van der Waals surface area contributed by atoms with Gasteiger partial charge in [0, 0.05) is 44.5 Å². The summed E-state index contributed by atoms with van der Waals surface area (Å²) in [6.07, 6.45) is 4.57. The number of aromatic nitrogens is 1. The number of nitrogens with zero attached hydrogens (tertiary/aromatic N) is 3. The van der Waals surface area contributed by atoms with Crippen LogP contribution in [0, 0.1) is 12.8 Å². The molecule has 3 aliphatic heterocycles. The zero-order valence-corrected chi connectivity index (χ0v) is 19.5. The maximum atomic E-state index is 13.3. The second-order valence-electron chi connectivity index (χ2n) is 9.49. The van der Waals surface area contributed by atoms with Crippen LogP contribution in [0.15, 0.2) is 42.6 Å². The number of piperidine rings is 1. The van der Waals surface area contributed by atoms with Gasteiger partial charge in [-0.2, -0.15) is 0 Å². The van der Waals surface area contributed by atoms with Crippen LogP contribution < -0.4 is 15.5 Å². The number of carbonyl (C=O) groups is 3. The van der Waals surface area contributed by atoms with Gasteiger partial charge in [-0.1, -0.05) is 12.1 Å². The summed E-state index contributed by atoms with van der Waals surface area (Å²) >= 11 is 0. The largest absolute Gasteiger partial charge is 0.344 e. The lowest BCUT2D eigenvalue weighted by Gasteiger charge is -2.34. The van der Waals surface area contributed by atoms with E-state index in [-0.39, 0.29) is 29.7 Å². The number of rotatable bonds is 5. The van der Waals surface area contributed by atoms with Gasteiger partial charge >= 0.3 is 0 Å². The van der Waals surface area contributed by atoms with Crippen LogP contribution in [-0.4, -0.2) is 59.8 Å². The van der Waals surface area contributed by atoms with E-state index in [1.54, 1.807) is 11.1 Å². The van der Waals surface area contributed by atoms with Gasteiger partial charge in [-0.3, -0.25) is 24.3 Å². The minimum atomic E-state index is -0.353. The SMILES string of the molecule is Cc1ncccc1N(C(=O)C1CNC1)c1ccc(C2CCN(C(=O)[C@H]3CCC(=O)N3)CC2)cc1. The summed E-state index contributed by atoms with van der Waals surface area (Å²) < 4.78 is 0. The van der Waals surface area contributed by atoms with Gasteiger partial charge < -0.3 is 15.5 Å². The Morgan fingerprint density at radius 2 is 1.79 bits per heavy atom. The zero-order valence-electron chi connectivity index (χ0n) is 19.5. The van der Waals surface area contributed by atoms with Gasteiger partial charge in [0.15, 0.2) is 0 Å². The first-order valence-corrected chi connectivity index (χ1v) is 12.2. The fourth-order valence-corrected chi connectivity index (χ4v) is 5.09. The van der Waals surface area contributed by atoms with Crippen LogP contribution in [0.3, 0.4) is 0 Å². The van der Waals surface area contributed by atoms with Gasteiger partial charge in [-0.25, -0.2) is 0 Å². The van der Waals surface area contributed by atoms with Crippen molar-refractivity contribution in [3.63, 3.8) is 0 Å². The minimum absolute atomic E-state index is 0.0224. The van der Waals surface area contributed by atoms with E-state index >= 15 is 0 Å². The molecule has 0 unspecified atom stereocenters. The van der Waals surface area contributed by atoms with Crippen LogP contribution in [0.5, 0.6) is 0 Å². The highest BCUT2D eigenvalue weighted by atomic mass is 16.2. The Balaban J connectivity index is 1.28. The van der Waals surface area contributed by atoms with Gasteiger partial charge in [0.1, 0.15) is 6.04 Å². The molecule has 0 radical (unpaired) electrons. The third-order valence-electron chi connectivity index (χ3n) is 7.29. The van der Waals surface area contributed by atoms with E-state index in [0.717, 1.165) is 29.9 Å². The maximum Gasteiger partial charge on any atom is 0.245 e. The van der Waals surface area contributed by atoms with Crippen molar-refractivity contribution in [2.75, 3.05) is 31.1 Å². The van der Waals surface area contributed by atoms with E-state index in [0.29, 0.717) is 44.9 Å². The van der Waals surface area contributed by atoms with Crippen LogP contribution in [-0.2, 0) is 14.4 Å². The molecule has 3 amide bonds. The number of hydrogen-bond acceptors (Lipinski definition) is 5. The Morgan fingerprint density at radius 3 is 2.38 bits per heavy atom. The van der Waals surface area contributed by atoms with Gasteiger partial charge in [0.25, 0.3) is 0 Å². The normalized spacial score (nSPS) is 21.1. The van der Waals surface area contributed by atoms with Gasteiger partial charge in [-0.15, -0.1) is 0 Å². The topological polar surface area (TPSA) is 94.6 Å². The second-order valence-corrected chi connectivity index (χ2v) is 9.49. The van der Waals surface area contributed by atoms with Crippen LogP contribution >= 0.6 is 0 Å². The van der Waals surface area contributed by atoms with E-state index in [1.165, 1.54) is 5.56 Å². The number of carbonyl (C=O) groups excluding carboxylic acids is 3. The molecule has 5 rings (SSSR count). The number of amides is 3. The number of benzene rings is 1. The molecular formula is C26H31N5O3. The summed E-state index contributed by atoms with van der Waals surface area (Å²) in [4.78, 5) is 45.5. The fraction of sp³-hybridized carbons (Fsp3) is 0.462. The highest BCUT2D eigenvalue weighted by molar-refractivity contribution is 6.02. The summed E-state index contributed by atoms with van der Waals surface area (Å²) in [6, 6.07) is 11.7. The molecule has 0 spiro atoms. The molecule has 2 N–H and O–H groups in total. The molecular weight excluding hydrogens is 430 g/mol. The van der Waals surface area contributed by atoms with Crippen LogP contribution in [0.25, 0.3) is 0 Å². The van der Waals surface area contributed by atoms with E-state index in [9.17, 15) is 14.4 Å². The highest BCUT2D eigenvalue weighted by Gasteiger charge is 2.34. The lowest BCUT2D eigenvalue weighted by Crippen LogP contribution is -2.51. The smallest absolute Gasteiger partial charge is 0.245 e. The van der Waals surface area contributed by atoms with E-state index in [4.69, 9.17) is 0 Å². The van der Waals surface area contributed by atoms with Gasteiger partial charge in [0.05, 0.1) is 17.3 Å². The number of nitrogens with one attached hydrogen (secondary N) is 2. The van der Waals surface area contributed by atoms with Crippen molar-refractivity contribution in [1.29, 1.82) is 0 Å². The second kappa shape index (κ2) is 9.54. The molecule has 8 nitrogen and oxygen atoms in total. The summed E-state index contributed by atoms with van der Waals surface area (Å²) in [5, 5.41) is 5.97. The standard InChI is InChI=1S/C26H31N5O3/c1-17-23(3-2-12-28-17)31(25(33)20-15-27-16-20)21-6-4-18(5-7-21)19-10-13-30(14-11-19)26(34)22-8-9-24(32)29-22/h2-7,12,19-20,22,27H,8-11,13-16H2,1H3,(H,29,32)/t22-/m1/s1. The summed E-state index contributed by atoms with van der Waals surface area (Å²) in [5.74, 6) is 0.456. The fourth-order valence-electron chi connectivity index (χ4n) is 5.09. The van der Waals surface area contributed by atoms with Crippen LogP contribution in [0.2, 0.25) is 0 Å². The Labute approximate surface area is 199 Å². The highest BCUT2D eigenvalue weighted by Crippen LogP contribution is 2.33. The third-order valence-corrected chi connectivity index (χ3v) is 7.29. The number of pyridine rings is 1. The Hall–Kier alpha value is -3.26. The number of hydrogen-bond donors (Lipinski definition) is 2. The van der Waals surface area contributed by atoms with E-state index in [2.05, 4.69) is 27.8 Å². The van der Waals surface area contributed by atoms with Crippen molar-refractivity contribution < 1.29 is 14.4 Å². The minimum Gasteiger partial charge on any atom is -0.344 e. The molecule has 178 valence electrons. The molecule has 0 bridgehead atoms. The van der Waals surface area contributed by atoms with Crippen molar-refractivity contribution in [2.24, 2.45) is 5.92 Å². The molecule has 1 aromatic carbocycles. The Bertz CT molecular complexity index is 1070. The van der Waals surface area contributed by atoms with Crippen molar-refractivity contribution in [3.8, 4) is 0 Å². The quantitative estimate of drug-likeness (QED) is 0.712. The molecule has 8 heteroatoms. The first kappa shape index (κ1) is 22.5. The monoisotopic (exact) mass is 461 g/mol. The number of likely N-dealkylation sites (tertiary alicyclic amines) is 1. The Morgan fingerprint density at radius 1 is 1.06 bits per heavy atom. The summed E-state index contributed by atoms with van der Waals surface area (Å²) in [7, 11) is 0. The Kier molecular flexibility index (Phi) is 6.32. The molecule has 2 aromatic rings. The average molecular weight is 462 g/mol. The lowest BCUT2D eigenvalue weighted by molar-refractivity contribution is -0.135. The first-order chi connectivity index (χ1) is 16.5. The van der Waals surface area contributed by atoms with Crippen LogP contribution in [0.1, 0.15) is 42.9 Å².